The molecule has 0 saturated carbocycles. The van der Waals surface area contributed by atoms with Crippen LogP contribution in [0, 0.1) is 22.7 Å². The quantitative estimate of drug-likeness (QED) is 0.792. The van der Waals surface area contributed by atoms with Crippen LogP contribution in [0.5, 0.6) is 0 Å². The first kappa shape index (κ1) is 20.4. The smallest absolute Gasteiger partial charge is 0.430 e. The van der Waals surface area contributed by atoms with Crippen LogP contribution in [0.1, 0.15) is 47.5 Å². The van der Waals surface area contributed by atoms with Crippen molar-refractivity contribution in [3.63, 3.8) is 0 Å². The maximum atomic E-state index is 13.5. The molecule has 0 aromatic carbocycles. The van der Waals surface area contributed by atoms with Crippen molar-refractivity contribution in [3.05, 3.63) is 0 Å². The van der Waals surface area contributed by atoms with E-state index >= 15 is 0 Å². The molecule has 4 unspecified atom stereocenters. The van der Waals surface area contributed by atoms with Gasteiger partial charge in [0.2, 0.25) is 0 Å². The fraction of sp³-hybridized carbons (Fsp3) is 0.812. The highest BCUT2D eigenvalue weighted by Crippen LogP contribution is 2.54. The molecule has 1 aliphatic heterocycles. The topological polar surface area (TPSA) is 87.0 Å². The predicted octanol–water partition coefficient (Wildman–Crippen LogP) is 3.63. The summed E-state index contributed by atoms with van der Waals surface area (Å²) in [6.45, 7) is 7.28. The molecule has 0 radical (unpaired) electrons. The molecule has 0 aromatic rings. The molecule has 0 aliphatic carbocycles. The van der Waals surface area contributed by atoms with Crippen molar-refractivity contribution in [1.29, 1.82) is 0 Å². The van der Waals surface area contributed by atoms with Gasteiger partial charge in [0.25, 0.3) is 0 Å². The molecule has 0 aromatic heterocycles. The highest BCUT2D eigenvalue weighted by molar-refractivity contribution is 6.10. The number of aliphatic imine (C=N–C) groups is 1. The van der Waals surface area contributed by atoms with Crippen LogP contribution in [0.3, 0.4) is 0 Å². The van der Waals surface area contributed by atoms with E-state index in [0.29, 0.717) is 0 Å². The van der Waals surface area contributed by atoms with Gasteiger partial charge in [-0.05, 0) is 31.6 Å². The molecule has 1 rings (SSSR count). The van der Waals surface area contributed by atoms with Crippen molar-refractivity contribution >= 4 is 17.7 Å². The minimum absolute atomic E-state index is 0.00159. The third kappa shape index (κ3) is 2.91. The number of carboxylic acid groups (broad SMARTS) is 2. The second-order valence-corrected chi connectivity index (χ2v) is 7.05. The Morgan fingerprint density at radius 2 is 1.75 bits per heavy atom. The van der Waals surface area contributed by atoms with Crippen LogP contribution in [-0.4, -0.2) is 40.1 Å². The van der Waals surface area contributed by atoms with Crippen molar-refractivity contribution < 1.29 is 33.0 Å². The molecule has 0 fully saturated rings. The van der Waals surface area contributed by atoms with Crippen molar-refractivity contribution in [2.75, 3.05) is 0 Å². The normalized spacial score (nSPS) is 34.1. The number of aliphatic carboxylic acids is 2. The maximum absolute atomic E-state index is 13.5. The molecule has 138 valence electrons. The molecule has 8 heteroatoms. The molecule has 24 heavy (non-hydrogen) atoms. The van der Waals surface area contributed by atoms with Gasteiger partial charge in [-0.2, -0.15) is 13.2 Å². The average Bonchev–Trinajstić information content (AvgIpc) is 2.41. The fourth-order valence-corrected chi connectivity index (χ4v) is 3.80. The maximum Gasteiger partial charge on any atom is 0.430 e. The van der Waals surface area contributed by atoms with Gasteiger partial charge in [-0.15, -0.1) is 0 Å². The Labute approximate surface area is 139 Å². The van der Waals surface area contributed by atoms with Gasteiger partial charge >= 0.3 is 18.1 Å². The Bertz CT molecular complexity index is 558. The first-order valence-corrected chi connectivity index (χ1v) is 7.88. The molecule has 4 atom stereocenters. The van der Waals surface area contributed by atoms with E-state index < -0.39 is 46.6 Å². The number of nitrogens with zero attached hydrogens (tertiary/aromatic N) is 1. The lowest BCUT2D eigenvalue weighted by atomic mass is 9.54. The summed E-state index contributed by atoms with van der Waals surface area (Å²) in [5.41, 5.74) is -5.47. The van der Waals surface area contributed by atoms with E-state index in [1.807, 2.05) is 0 Å². The van der Waals surface area contributed by atoms with Crippen LogP contribution in [0.15, 0.2) is 4.99 Å². The number of hydrogen-bond donors (Lipinski definition) is 2. The summed E-state index contributed by atoms with van der Waals surface area (Å²) in [5, 5.41) is 19.3. The van der Waals surface area contributed by atoms with Gasteiger partial charge in [0, 0.05) is 0 Å². The average molecular weight is 351 g/mol. The van der Waals surface area contributed by atoms with Crippen LogP contribution in [0.25, 0.3) is 0 Å². The van der Waals surface area contributed by atoms with Crippen LogP contribution in [-0.2, 0) is 9.59 Å². The molecule has 5 nitrogen and oxygen atoms in total. The SMILES string of the molecule is CCC1(C(=O)O)C(CC(C)C)N=C(C(F)(F)F)C(C)(C(=O)O)C1C. The molecule has 2 N–H and O–H groups in total. The summed E-state index contributed by atoms with van der Waals surface area (Å²) in [4.78, 5) is 27.5. The first-order valence-electron chi connectivity index (χ1n) is 7.88. The molecular weight excluding hydrogens is 327 g/mol. The van der Waals surface area contributed by atoms with Crippen LogP contribution in [0.4, 0.5) is 13.2 Å². The van der Waals surface area contributed by atoms with Gasteiger partial charge in [0.05, 0.1) is 11.5 Å². The van der Waals surface area contributed by atoms with Crippen molar-refractivity contribution in [2.45, 2.75) is 59.7 Å². The largest absolute Gasteiger partial charge is 0.481 e. The summed E-state index contributed by atoms with van der Waals surface area (Å²) >= 11 is 0. The van der Waals surface area contributed by atoms with E-state index in [1.165, 1.54) is 6.92 Å². The molecular formula is C16H24F3NO4. The number of alkyl halides is 3. The number of carboxylic acids is 2. The Hall–Kier alpha value is -1.60. The van der Waals surface area contributed by atoms with Gasteiger partial charge in [-0.3, -0.25) is 14.6 Å². The number of halogens is 3. The Morgan fingerprint density at radius 3 is 2.04 bits per heavy atom. The van der Waals surface area contributed by atoms with Crippen molar-refractivity contribution in [2.24, 2.45) is 27.7 Å². The summed E-state index contributed by atoms with van der Waals surface area (Å²) < 4.78 is 40.5. The highest BCUT2D eigenvalue weighted by Gasteiger charge is 2.66. The third-order valence-electron chi connectivity index (χ3n) is 5.40. The van der Waals surface area contributed by atoms with E-state index in [-0.39, 0.29) is 18.8 Å². The Morgan fingerprint density at radius 1 is 1.25 bits per heavy atom. The van der Waals surface area contributed by atoms with Gasteiger partial charge in [0.15, 0.2) is 0 Å². The number of carbonyl (C=O) groups is 2. The lowest BCUT2D eigenvalue weighted by Crippen LogP contribution is -2.62. The molecule has 1 heterocycles. The van der Waals surface area contributed by atoms with Crippen LogP contribution < -0.4 is 0 Å². The lowest BCUT2D eigenvalue weighted by Gasteiger charge is -2.50. The Balaban J connectivity index is 3.79. The van der Waals surface area contributed by atoms with E-state index in [0.717, 1.165) is 6.92 Å². The van der Waals surface area contributed by atoms with Gasteiger partial charge < -0.3 is 10.2 Å². The van der Waals surface area contributed by atoms with E-state index in [9.17, 15) is 33.0 Å². The molecule has 0 bridgehead atoms. The molecule has 1 aliphatic rings. The minimum atomic E-state index is -4.94. The van der Waals surface area contributed by atoms with Crippen LogP contribution in [0.2, 0.25) is 0 Å². The summed E-state index contributed by atoms with van der Waals surface area (Å²) in [6, 6.07) is -1.13. The number of rotatable bonds is 5. The lowest BCUT2D eigenvalue weighted by molar-refractivity contribution is -0.167. The van der Waals surface area contributed by atoms with E-state index in [4.69, 9.17) is 0 Å². The summed E-state index contributed by atoms with van der Waals surface area (Å²) in [7, 11) is 0. The number of hydrogen-bond acceptors (Lipinski definition) is 3. The zero-order valence-corrected chi connectivity index (χ0v) is 14.4. The van der Waals surface area contributed by atoms with Gasteiger partial charge in [-0.1, -0.05) is 27.7 Å². The monoisotopic (exact) mass is 351 g/mol. The van der Waals surface area contributed by atoms with Gasteiger partial charge in [-0.25, -0.2) is 0 Å². The van der Waals surface area contributed by atoms with Crippen molar-refractivity contribution in [3.8, 4) is 0 Å². The molecule has 0 amide bonds. The second-order valence-electron chi connectivity index (χ2n) is 7.05. The Kier molecular flexibility index (Phi) is 5.42. The van der Waals surface area contributed by atoms with E-state index in [2.05, 4.69) is 4.99 Å². The third-order valence-corrected chi connectivity index (χ3v) is 5.40. The molecule has 0 spiro atoms. The predicted molar refractivity (Wildman–Crippen MR) is 82.0 cm³/mol. The highest BCUT2D eigenvalue weighted by atomic mass is 19.4. The zero-order chi connectivity index (χ0) is 19.1. The van der Waals surface area contributed by atoms with Crippen molar-refractivity contribution in [1.82, 2.24) is 0 Å². The summed E-state index contributed by atoms with van der Waals surface area (Å²) in [5.74, 6) is -4.38. The summed E-state index contributed by atoms with van der Waals surface area (Å²) in [6.07, 6.45) is -4.80. The fourth-order valence-electron chi connectivity index (χ4n) is 3.80. The van der Waals surface area contributed by atoms with E-state index in [1.54, 1.807) is 20.8 Å². The first-order chi connectivity index (χ1) is 10.8. The minimum Gasteiger partial charge on any atom is -0.481 e. The molecule has 0 saturated heterocycles. The van der Waals surface area contributed by atoms with Crippen LogP contribution >= 0.6 is 0 Å². The zero-order valence-electron chi connectivity index (χ0n) is 14.4. The second kappa shape index (κ2) is 6.37. The van der Waals surface area contributed by atoms with Gasteiger partial charge in [0.1, 0.15) is 11.1 Å². The standard InChI is InChI=1S/C16H24F3NO4/c1-6-15(13(23)24)9(4)14(5,12(21)22)11(16(17,18)19)20-10(15)7-8(2)3/h8-10H,6-7H2,1-5H3,(H,21,22)(H,23,24).